The highest BCUT2D eigenvalue weighted by Crippen LogP contribution is 2.39. The summed E-state index contributed by atoms with van der Waals surface area (Å²) >= 11 is 6.38. The van der Waals surface area contributed by atoms with Crippen LogP contribution < -0.4 is 10.6 Å². The highest BCUT2D eigenvalue weighted by Gasteiger charge is 2.35. The van der Waals surface area contributed by atoms with Crippen molar-refractivity contribution in [2.75, 3.05) is 11.4 Å². The molecule has 0 spiro atoms. The van der Waals surface area contributed by atoms with Gasteiger partial charge in [-0.2, -0.15) is 0 Å². The Morgan fingerprint density at radius 2 is 2.21 bits per heavy atom. The predicted octanol–water partition coefficient (Wildman–Crippen LogP) is 2.21. The molecule has 3 rings (SSSR count). The standard InChI is InChI=1S/C13H17ClN4O/c14-11-10(12(15)17-19)5-6-16-13(11)18(9-3-4-9)7-8-1-2-8/h5-6,8-9,19H,1-4,7H2,(H2,15,17). The van der Waals surface area contributed by atoms with Crippen LogP contribution in [0.2, 0.25) is 5.02 Å². The number of anilines is 1. The average molecular weight is 281 g/mol. The molecule has 2 aliphatic rings. The van der Waals surface area contributed by atoms with E-state index in [-0.39, 0.29) is 5.84 Å². The molecule has 3 N–H and O–H groups in total. The van der Waals surface area contributed by atoms with Crippen LogP contribution in [0.15, 0.2) is 17.4 Å². The predicted molar refractivity (Wildman–Crippen MR) is 74.8 cm³/mol. The molecule has 0 saturated heterocycles. The van der Waals surface area contributed by atoms with Crippen LogP contribution in [0.4, 0.5) is 5.82 Å². The zero-order valence-electron chi connectivity index (χ0n) is 10.6. The third kappa shape index (κ3) is 2.61. The van der Waals surface area contributed by atoms with Crippen LogP contribution in [-0.2, 0) is 0 Å². The summed E-state index contributed by atoms with van der Waals surface area (Å²) in [5.74, 6) is 1.56. The molecule has 2 saturated carbocycles. The lowest BCUT2D eigenvalue weighted by atomic mass is 10.2. The second-order valence-electron chi connectivity index (χ2n) is 5.31. The molecule has 2 fully saturated rings. The van der Waals surface area contributed by atoms with Crippen molar-refractivity contribution < 1.29 is 5.21 Å². The number of nitrogens with two attached hydrogens (primary N) is 1. The largest absolute Gasteiger partial charge is 0.409 e. The first-order valence-corrected chi connectivity index (χ1v) is 6.97. The van der Waals surface area contributed by atoms with Gasteiger partial charge >= 0.3 is 0 Å². The molecule has 0 bridgehead atoms. The number of pyridine rings is 1. The number of rotatable bonds is 5. The minimum absolute atomic E-state index is 0.0239. The Morgan fingerprint density at radius 1 is 1.47 bits per heavy atom. The van der Waals surface area contributed by atoms with E-state index in [0.29, 0.717) is 16.6 Å². The first kappa shape index (κ1) is 12.5. The normalized spacial score (nSPS) is 19.5. The summed E-state index contributed by atoms with van der Waals surface area (Å²) < 4.78 is 0. The fourth-order valence-corrected chi connectivity index (χ4v) is 2.58. The number of amidine groups is 1. The van der Waals surface area contributed by atoms with Crippen molar-refractivity contribution in [1.29, 1.82) is 0 Å². The van der Waals surface area contributed by atoms with Crippen LogP contribution in [0.25, 0.3) is 0 Å². The number of nitrogens with zero attached hydrogens (tertiary/aromatic N) is 3. The van der Waals surface area contributed by atoms with E-state index in [9.17, 15) is 0 Å². The van der Waals surface area contributed by atoms with Crippen LogP contribution in [-0.4, -0.2) is 28.6 Å². The Bertz CT molecular complexity index is 511. The Kier molecular flexibility index (Phi) is 3.22. The first-order valence-electron chi connectivity index (χ1n) is 6.59. The molecular formula is C13H17ClN4O. The lowest BCUT2D eigenvalue weighted by Crippen LogP contribution is -2.30. The number of halogens is 1. The highest BCUT2D eigenvalue weighted by molar-refractivity contribution is 6.36. The average Bonchev–Trinajstić information content (AvgIpc) is 3.28. The smallest absolute Gasteiger partial charge is 0.171 e. The van der Waals surface area contributed by atoms with Crippen molar-refractivity contribution in [3.63, 3.8) is 0 Å². The van der Waals surface area contributed by atoms with Gasteiger partial charge in [-0.3, -0.25) is 0 Å². The van der Waals surface area contributed by atoms with Crippen molar-refractivity contribution >= 4 is 23.3 Å². The van der Waals surface area contributed by atoms with E-state index < -0.39 is 0 Å². The summed E-state index contributed by atoms with van der Waals surface area (Å²) in [6, 6.07) is 2.22. The molecule has 5 nitrogen and oxygen atoms in total. The second-order valence-corrected chi connectivity index (χ2v) is 5.69. The van der Waals surface area contributed by atoms with Gasteiger partial charge < -0.3 is 15.8 Å². The van der Waals surface area contributed by atoms with Gasteiger partial charge in [0.1, 0.15) is 5.82 Å². The lowest BCUT2D eigenvalue weighted by Gasteiger charge is -2.25. The van der Waals surface area contributed by atoms with E-state index in [4.69, 9.17) is 22.5 Å². The SMILES string of the molecule is N/C(=N/O)c1ccnc(N(CC2CC2)C2CC2)c1Cl. The molecule has 6 heteroatoms. The molecule has 0 amide bonds. The summed E-state index contributed by atoms with van der Waals surface area (Å²) in [4.78, 5) is 6.69. The maximum Gasteiger partial charge on any atom is 0.171 e. The summed E-state index contributed by atoms with van der Waals surface area (Å²) in [5.41, 5.74) is 6.18. The van der Waals surface area contributed by atoms with Crippen LogP contribution in [0.5, 0.6) is 0 Å². The van der Waals surface area contributed by atoms with Gasteiger partial charge in [-0.25, -0.2) is 4.98 Å². The fourth-order valence-electron chi connectivity index (χ4n) is 2.26. The van der Waals surface area contributed by atoms with E-state index in [0.717, 1.165) is 18.3 Å². The van der Waals surface area contributed by atoms with E-state index in [1.165, 1.54) is 25.7 Å². The van der Waals surface area contributed by atoms with Crippen molar-refractivity contribution in [3.05, 3.63) is 22.8 Å². The van der Waals surface area contributed by atoms with Crippen molar-refractivity contribution in [1.82, 2.24) is 4.98 Å². The van der Waals surface area contributed by atoms with Crippen molar-refractivity contribution in [2.24, 2.45) is 16.8 Å². The Labute approximate surface area is 117 Å². The molecule has 0 unspecified atom stereocenters. The van der Waals surface area contributed by atoms with Crippen LogP contribution in [0.1, 0.15) is 31.2 Å². The quantitative estimate of drug-likeness (QED) is 0.375. The van der Waals surface area contributed by atoms with Crippen LogP contribution in [0.3, 0.4) is 0 Å². The molecule has 0 aliphatic heterocycles. The molecule has 2 aliphatic carbocycles. The fraction of sp³-hybridized carbons (Fsp3) is 0.538. The second kappa shape index (κ2) is 4.89. The molecule has 102 valence electrons. The third-order valence-corrected chi connectivity index (χ3v) is 4.04. The van der Waals surface area contributed by atoms with Gasteiger partial charge in [0.25, 0.3) is 0 Å². The molecule has 0 aromatic carbocycles. The number of hydrogen-bond donors (Lipinski definition) is 2. The molecule has 1 aromatic rings. The highest BCUT2D eigenvalue weighted by atomic mass is 35.5. The number of oxime groups is 1. The minimum atomic E-state index is 0.0239. The number of hydrogen-bond acceptors (Lipinski definition) is 4. The van der Waals surface area contributed by atoms with Gasteiger partial charge in [-0.15, -0.1) is 0 Å². The summed E-state index contributed by atoms with van der Waals surface area (Å²) in [5, 5.41) is 12.3. The minimum Gasteiger partial charge on any atom is -0.409 e. The summed E-state index contributed by atoms with van der Waals surface area (Å²) in [6.07, 6.45) is 6.63. The van der Waals surface area contributed by atoms with Crippen LogP contribution in [0, 0.1) is 5.92 Å². The topological polar surface area (TPSA) is 74.7 Å². The van der Waals surface area contributed by atoms with Gasteiger partial charge in [0.2, 0.25) is 0 Å². The molecule has 1 heterocycles. The first-order chi connectivity index (χ1) is 9.20. The molecule has 19 heavy (non-hydrogen) atoms. The van der Waals surface area contributed by atoms with Gasteiger partial charge in [-0.1, -0.05) is 16.8 Å². The van der Waals surface area contributed by atoms with Gasteiger partial charge in [0.05, 0.1) is 5.02 Å². The van der Waals surface area contributed by atoms with Crippen LogP contribution >= 0.6 is 11.6 Å². The molecule has 1 aromatic heterocycles. The van der Waals surface area contributed by atoms with Gasteiger partial charge in [0.15, 0.2) is 5.84 Å². The monoisotopic (exact) mass is 280 g/mol. The Morgan fingerprint density at radius 3 is 2.79 bits per heavy atom. The Balaban J connectivity index is 1.93. The Hall–Kier alpha value is -1.49. The van der Waals surface area contributed by atoms with E-state index in [2.05, 4.69) is 15.0 Å². The summed E-state index contributed by atoms with van der Waals surface area (Å²) in [7, 11) is 0. The van der Waals surface area contributed by atoms with Crippen molar-refractivity contribution in [3.8, 4) is 0 Å². The maximum atomic E-state index is 8.79. The van der Waals surface area contributed by atoms with E-state index in [1.54, 1.807) is 12.3 Å². The maximum absolute atomic E-state index is 8.79. The molecular weight excluding hydrogens is 264 g/mol. The molecule has 0 atom stereocenters. The molecule has 0 radical (unpaired) electrons. The zero-order valence-corrected chi connectivity index (χ0v) is 11.3. The van der Waals surface area contributed by atoms with E-state index >= 15 is 0 Å². The lowest BCUT2D eigenvalue weighted by molar-refractivity contribution is 0.318. The number of aromatic nitrogens is 1. The summed E-state index contributed by atoms with van der Waals surface area (Å²) in [6.45, 7) is 1.01. The van der Waals surface area contributed by atoms with Gasteiger partial charge in [-0.05, 0) is 37.7 Å². The van der Waals surface area contributed by atoms with Crippen molar-refractivity contribution in [2.45, 2.75) is 31.7 Å². The third-order valence-electron chi connectivity index (χ3n) is 3.67. The zero-order chi connectivity index (χ0) is 13.4. The van der Waals surface area contributed by atoms with Gasteiger partial charge in [0, 0.05) is 24.3 Å². The van der Waals surface area contributed by atoms with E-state index in [1.807, 2.05) is 0 Å².